The van der Waals surface area contributed by atoms with Crippen LogP contribution in [0.25, 0.3) is 0 Å². The van der Waals surface area contributed by atoms with Crippen LogP contribution in [0.5, 0.6) is 0 Å². The number of rotatable bonds is 6. The van der Waals surface area contributed by atoms with E-state index in [2.05, 4.69) is 5.32 Å². The van der Waals surface area contributed by atoms with Gasteiger partial charge in [-0.15, -0.1) is 11.8 Å². The highest BCUT2D eigenvalue weighted by molar-refractivity contribution is 8.00. The van der Waals surface area contributed by atoms with Gasteiger partial charge in [0, 0.05) is 10.9 Å². The van der Waals surface area contributed by atoms with Gasteiger partial charge in [0.1, 0.15) is 0 Å². The Labute approximate surface area is 166 Å². The quantitative estimate of drug-likeness (QED) is 0.298. The van der Waals surface area contributed by atoms with Gasteiger partial charge in [-0.3, -0.25) is 9.59 Å². The molecule has 0 radical (unpaired) electrons. The van der Waals surface area contributed by atoms with E-state index in [1.165, 1.54) is 24.6 Å². The monoisotopic (exact) mass is 423 g/mol. The van der Waals surface area contributed by atoms with Crippen molar-refractivity contribution in [2.45, 2.75) is 49.5 Å². The van der Waals surface area contributed by atoms with Crippen molar-refractivity contribution in [2.75, 3.05) is 12.4 Å². The first kappa shape index (κ1) is 20.7. The summed E-state index contributed by atoms with van der Waals surface area (Å²) in [5.41, 5.74) is 0. The molecule has 2 rings (SSSR count). The Morgan fingerprint density at radius 2 is 1.76 bits per heavy atom. The normalized spacial score (nSPS) is 15.5. The number of benzene rings is 1. The summed E-state index contributed by atoms with van der Waals surface area (Å²) < 4.78 is 5.02. The molecule has 1 fully saturated rings. The molecule has 1 aromatic carbocycles. The highest BCUT2D eigenvalue weighted by atomic mass is 35.5. The summed E-state index contributed by atoms with van der Waals surface area (Å²) in [5, 5.41) is 3.85. The topological polar surface area (TPSA) is 55.4 Å². The lowest BCUT2D eigenvalue weighted by atomic mass is 10.1. The molecule has 0 heterocycles. The Hall–Kier alpha value is -0.620. The SMILES string of the molecule is O=C(COC(=O)CSc1ccc(Cl)c(Cl)c1Cl)NC1CCCCCC1. The summed E-state index contributed by atoms with van der Waals surface area (Å²) in [6.45, 7) is -0.259. The van der Waals surface area contributed by atoms with Crippen LogP contribution >= 0.6 is 46.6 Å². The summed E-state index contributed by atoms with van der Waals surface area (Å²) >= 11 is 19.1. The largest absolute Gasteiger partial charge is 0.455 e. The second kappa shape index (κ2) is 10.5. The third-order valence-corrected chi connectivity index (χ3v) is 6.37. The molecular weight excluding hydrogens is 405 g/mol. The van der Waals surface area contributed by atoms with Gasteiger partial charge < -0.3 is 10.1 Å². The predicted molar refractivity (Wildman–Crippen MR) is 103 cm³/mol. The minimum atomic E-state index is -0.483. The zero-order valence-corrected chi connectivity index (χ0v) is 16.7. The maximum Gasteiger partial charge on any atom is 0.316 e. The Morgan fingerprint density at radius 1 is 1.08 bits per heavy atom. The van der Waals surface area contributed by atoms with Crippen LogP contribution < -0.4 is 5.32 Å². The van der Waals surface area contributed by atoms with Gasteiger partial charge in [0.15, 0.2) is 6.61 Å². The molecule has 0 spiro atoms. The summed E-state index contributed by atoms with van der Waals surface area (Å²) in [4.78, 5) is 24.3. The highest BCUT2D eigenvalue weighted by Crippen LogP contribution is 2.37. The Kier molecular flexibility index (Phi) is 8.70. The zero-order chi connectivity index (χ0) is 18.2. The molecule has 0 unspecified atom stereocenters. The Bertz CT molecular complexity index is 619. The van der Waals surface area contributed by atoms with Crippen LogP contribution in [0.15, 0.2) is 17.0 Å². The fraction of sp³-hybridized carbons (Fsp3) is 0.529. The molecule has 1 N–H and O–H groups in total. The molecule has 1 aliphatic rings. The van der Waals surface area contributed by atoms with Crippen molar-refractivity contribution in [2.24, 2.45) is 0 Å². The van der Waals surface area contributed by atoms with Crippen molar-refractivity contribution in [3.63, 3.8) is 0 Å². The molecule has 1 aliphatic carbocycles. The van der Waals surface area contributed by atoms with Crippen LogP contribution in [0.1, 0.15) is 38.5 Å². The lowest BCUT2D eigenvalue weighted by molar-refractivity contribution is -0.146. The molecule has 1 amide bonds. The van der Waals surface area contributed by atoms with Gasteiger partial charge in [-0.05, 0) is 25.0 Å². The summed E-state index contributed by atoms with van der Waals surface area (Å²) in [5.74, 6) is -0.699. The van der Waals surface area contributed by atoms with Crippen molar-refractivity contribution in [1.82, 2.24) is 5.32 Å². The maximum absolute atomic E-state index is 11.9. The Balaban J connectivity index is 1.71. The lowest BCUT2D eigenvalue weighted by Gasteiger charge is -2.16. The number of amides is 1. The molecule has 0 aromatic heterocycles. The minimum absolute atomic E-state index is 0.0361. The zero-order valence-electron chi connectivity index (χ0n) is 13.7. The number of esters is 1. The van der Waals surface area contributed by atoms with Gasteiger partial charge in [0.05, 0.1) is 20.8 Å². The average molecular weight is 425 g/mol. The van der Waals surface area contributed by atoms with E-state index >= 15 is 0 Å². The van der Waals surface area contributed by atoms with Crippen molar-refractivity contribution in [3.8, 4) is 0 Å². The fourth-order valence-electron chi connectivity index (χ4n) is 2.64. The summed E-state index contributed by atoms with van der Waals surface area (Å²) in [6.07, 6.45) is 6.68. The van der Waals surface area contributed by atoms with Crippen molar-refractivity contribution in [1.29, 1.82) is 0 Å². The van der Waals surface area contributed by atoms with Crippen LogP contribution in [0.4, 0.5) is 0 Å². The predicted octanol–water partition coefficient (Wildman–Crippen LogP) is 5.12. The van der Waals surface area contributed by atoms with Gasteiger partial charge in [-0.2, -0.15) is 0 Å². The first-order valence-corrected chi connectivity index (χ1v) is 10.3. The number of hydrogen-bond donors (Lipinski definition) is 1. The van der Waals surface area contributed by atoms with Crippen LogP contribution in [0, 0.1) is 0 Å². The number of ether oxygens (including phenoxy) is 1. The van der Waals surface area contributed by atoms with E-state index in [-0.39, 0.29) is 29.3 Å². The number of nitrogens with one attached hydrogen (secondary N) is 1. The number of carbonyl (C=O) groups excluding carboxylic acids is 2. The average Bonchev–Trinajstić information content (AvgIpc) is 2.86. The van der Waals surface area contributed by atoms with Crippen molar-refractivity contribution in [3.05, 3.63) is 27.2 Å². The van der Waals surface area contributed by atoms with E-state index in [1.807, 2.05) is 0 Å². The fourth-order valence-corrected chi connectivity index (χ4v) is 4.14. The molecule has 0 bridgehead atoms. The van der Waals surface area contributed by atoms with E-state index in [0.29, 0.717) is 14.9 Å². The molecule has 0 saturated heterocycles. The van der Waals surface area contributed by atoms with Crippen LogP contribution in [-0.4, -0.2) is 30.3 Å². The summed E-state index contributed by atoms with van der Waals surface area (Å²) in [6, 6.07) is 3.50. The van der Waals surface area contributed by atoms with E-state index in [4.69, 9.17) is 39.5 Å². The summed E-state index contributed by atoms with van der Waals surface area (Å²) in [7, 11) is 0. The van der Waals surface area contributed by atoms with Crippen LogP contribution in [0.2, 0.25) is 15.1 Å². The molecule has 1 aromatic rings. The smallest absolute Gasteiger partial charge is 0.316 e. The number of carbonyl (C=O) groups is 2. The molecule has 25 heavy (non-hydrogen) atoms. The van der Waals surface area contributed by atoms with E-state index in [1.54, 1.807) is 12.1 Å². The van der Waals surface area contributed by atoms with E-state index in [0.717, 1.165) is 25.7 Å². The molecular formula is C17H20Cl3NO3S. The second-order valence-corrected chi connectivity index (χ2v) is 8.06. The molecule has 0 atom stereocenters. The van der Waals surface area contributed by atoms with E-state index in [9.17, 15) is 9.59 Å². The molecule has 1 saturated carbocycles. The lowest BCUT2D eigenvalue weighted by Crippen LogP contribution is -2.37. The second-order valence-electron chi connectivity index (χ2n) is 5.88. The molecule has 8 heteroatoms. The number of thioether (sulfide) groups is 1. The Morgan fingerprint density at radius 3 is 2.44 bits per heavy atom. The third kappa shape index (κ3) is 6.89. The third-order valence-electron chi connectivity index (χ3n) is 3.93. The van der Waals surface area contributed by atoms with Gasteiger partial charge in [-0.25, -0.2) is 0 Å². The number of hydrogen-bond acceptors (Lipinski definition) is 4. The molecule has 138 valence electrons. The standard InChI is InChI=1S/C17H20Cl3NO3S/c18-12-7-8-13(17(20)16(12)19)25-10-15(23)24-9-14(22)21-11-5-3-1-2-4-6-11/h7-8,11H,1-6,9-10H2,(H,21,22). The maximum atomic E-state index is 11.9. The first-order chi connectivity index (χ1) is 12.0. The van der Waals surface area contributed by atoms with Gasteiger partial charge in [-0.1, -0.05) is 60.5 Å². The van der Waals surface area contributed by atoms with Crippen LogP contribution in [-0.2, 0) is 14.3 Å². The minimum Gasteiger partial charge on any atom is -0.455 e. The van der Waals surface area contributed by atoms with Crippen LogP contribution in [0.3, 0.4) is 0 Å². The van der Waals surface area contributed by atoms with Gasteiger partial charge >= 0.3 is 5.97 Å². The first-order valence-electron chi connectivity index (χ1n) is 8.18. The molecule has 4 nitrogen and oxygen atoms in total. The van der Waals surface area contributed by atoms with Gasteiger partial charge in [0.2, 0.25) is 0 Å². The highest BCUT2D eigenvalue weighted by Gasteiger charge is 2.16. The van der Waals surface area contributed by atoms with Crippen molar-refractivity contribution < 1.29 is 14.3 Å². The van der Waals surface area contributed by atoms with Gasteiger partial charge in [0.25, 0.3) is 5.91 Å². The number of halogens is 3. The van der Waals surface area contributed by atoms with E-state index < -0.39 is 5.97 Å². The van der Waals surface area contributed by atoms with Crippen molar-refractivity contribution >= 4 is 58.4 Å². The molecule has 0 aliphatic heterocycles.